The first-order valence-corrected chi connectivity index (χ1v) is 6.04. The fourth-order valence-electron chi connectivity index (χ4n) is 1.88. The van der Waals surface area contributed by atoms with Crippen molar-refractivity contribution >= 4 is 0 Å². The maximum Gasteiger partial charge on any atom is 0.573 e. The molecule has 0 spiro atoms. The van der Waals surface area contributed by atoms with Crippen LogP contribution in [-0.4, -0.2) is 18.1 Å². The fraction of sp³-hybridized carbons (Fsp3) is 0.200. The Kier molecular flexibility index (Phi) is 4.29. The molecule has 2 aromatic carbocycles. The van der Waals surface area contributed by atoms with E-state index >= 15 is 0 Å². The van der Waals surface area contributed by atoms with E-state index in [0.717, 1.165) is 16.7 Å². The van der Waals surface area contributed by atoms with E-state index in [-0.39, 0.29) is 12.4 Å². The zero-order valence-electron chi connectivity index (χ0n) is 10.5. The molecule has 0 heterocycles. The maximum atomic E-state index is 12.1. The van der Waals surface area contributed by atoms with Gasteiger partial charge < -0.3 is 9.84 Å². The normalized spacial score (nSPS) is 11.4. The third kappa shape index (κ3) is 3.99. The second-order valence-electron chi connectivity index (χ2n) is 4.25. The van der Waals surface area contributed by atoms with Gasteiger partial charge in [0, 0.05) is 6.61 Å². The second-order valence-corrected chi connectivity index (χ2v) is 4.25. The van der Waals surface area contributed by atoms with Crippen molar-refractivity contribution in [3.05, 3.63) is 54.1 Å². The molecule has 5 heteroatoms. The monoisotopic (exact) mass is 282 g/mol. The molecule has 0 unspecified atom stereocenters. The van der Waals surface area contributed by atoms with E-state index in [1.54, 1.807) is 12.1 Å². The third-order valence-corrected chi connectivity index (χ3v) is 2.75. The number of ether oxygens (including phenoxy) is 1. The van der Waals surface area contributed by atoms with Crippen molar-refractivity contribution in [2.45, 2.75) is 12.8 Å². The minimum atomic E-state index is -4.68. The zero-order chi connectivity index (χ0) is 14.6. The summed E-state index contributed by atoms with van der Waals surface area (Å²) in [6.45, 7) is 0.0574. The largest absolute Gasteiger partial charge is 0.573 e. The van der Waals surface area contributed by atoms with E-state index in [1.165, 1.54) is 12.1 Å². The third-order valence-electron chi connectivity index (χ3n) is 2.75. The van der Waals surface area contributed by atoms with Gasteiger partial charge in [-0.15, -0.1) is 13.2 Å². The highest BCUT2D eigenvalue weighted by Gasteiger charge is 2.30. The number of halogens is 3. The zero-order valence-corrected chi connectivity index (χ0v) is 10.5. The lowest BCUT2D eigenvalue weighted by molar-refractivity contribution is -0.274. The summed E-state index contributed by atoms with van der Waals surface area (Å²) in [6, 6.07) is 13.2. The summed E-state index contributed by atoms with van der Waals surface area (Å²) in [7, 11) is 0. The lowest BCUT2D eigenvalue weighted by Crippen LogP contribution is -2.16. The molecule has 20 heavy (non-hydrogen) atoms. The van der Waals surface area contributed by atoms with Gasteiger partial charge in [-0.1, -0.05) is 36.4 Å². The van der Waals surface area contributed by atoms with E-state index in [1.807, 2.05) is 24.3 Å². The number of rotatable bonds is 4. The Morgan fingerprint density at radius 3 is 2.25 bits per heavy atom. The summed E-state index contributed by atoms with van der Waals surface area (Å²) in [4.78, 5) is 0. The summed E-state index contributed by atoms with van der Waals surface area (Å²) < 4.78 is 40.0. The standard InChI is InChI=1S/C15H13F3O2/c16-15(17,18)20-14-6-4-12(5-7-14)13-3-1-2-11(10-13)8-9-19/h1-7,10,19H,8-9H2. The summed E-state index contributed by atoms with van der Waals surface area (Å²) in [5, 5.41) is 8.90. The van der Waals surface area contributed by atoms with E-state index in [4.69, 9.17) is 5.11 Å². The van der Waals surface area contributed by atoms with Crippen molar-refractivity contribution in [2.24, 2.45) is 0 Å². The van der Waals surface area contributed by atoms with Crippen molar-refractivity contribution in [1.29, 1.82) is 0 Å². The van der Waals surface area contributed by atoms with Gasteiger partial charge in [-0.25, -0.2) is 0 Å². The van der Waals surface area contributed by atoms with Crippen LogP contribution in [0.15, 0.2) is 48.5 Å². The molecule has 2 nitrogen and oxygen atoms in total. The molecule has 0 fully saturated rings. The molecular weight excluding hydrogens is 269 g/mol. The number of hydrogen-bond donors (Lipinski definition) is 1. The highest BCUT2D eigenvalue weighted by atomic mass is 19.4. The summed E-state index contributed by atoms with van der Waals surface area (Å²) >= 11 is 0. The van der Waals surface area contributed by atoms with Crippen LogP contribution < -0.4 is 4.74 Å². The summed E-state index contributed by atoms with van der Waals surface area (Å²) in [5.41, 5.74) is 2.65. The van der Waals surface area contributed by atoms with Crippen LogP contribution in [0.4, 0.5) is 13.2 Å². The van der Waals surface area contributed by atoms with Gasteiger partial charge in [0.15, 0.2) is 0 Å². The topological polar surface area (TPSA) is 29.5 Å². The van der Waals surface area contributed by atoms with Gasteiger partial charge in [-0.3, -0.25) is 0 Å². The Hall–Kier alpha value is -2.01. The Morgan fingerprint density at radius 2 is 1.65 bits per heavy atom. The quantitative estimate of drug-likeness (QED) is 0.924. The van der Waals surface area contributed by atoms with Gasteiger partial charge in [-0.05, 0) is 35.2 Å². The molecule has 0 saturated heterocycles. The first kappa shape index (κ1) is 14.4. The Bertz CT molecular complexity index is 562. The molecule has 106 valence electrons. The highest BCUT2D eigenvalue weighted by molar-refractivity contribution is 5.64. The van der Waals surface area contributed by atoms with E-state index in [2.05, 4.69) is 4.74 Å². The van der Waals surface area contributed by atoms with Crippen LogP contribution >= 0.6 is 0 Å². The molecule has 0 amide bonds. The maximum absolute atomic E-state index is 12.1. The average Bonchev–Trinajstić information content (AvgIpc) is 2.38. The van der Waals surface area contributed by atoms with Crippen molar-refractivity contribution < 1.29 is 23.0 Å². The van der Waals surface area contributed by atoms with Crippen LogP contribution in [0.1, 0.15) is 5.56 Å². The first-order valence-electron chi connectivity index (χ1n) is 6.04. The van der Waals surface area contributed by atoms with Gasteiger partial charge in [-0.2, -0.15) is 0 Å². The molecule has 0 radical (unpaired) electrons. The molecule has 0 atom stereocenters. The summed E-state index contributed by atoms with van der Waals surface area (Å²) in [5.74, 6) is -0.243. The van der Waals surface area contributed by atoms with Gasteiger partial charge in [0.05, 0.1) is 0 Å². The van der Waals surface area contributed by atoms with Crippen LogP contribution in [-0.2, 0) is 6.42 Å². The van der Waals surface area contributed by atoms with Crippen LogP contribution in [0.25, 0.3) is 11.1 Å². The number of aliphatic hydroxyl groups excluding tert-OH is 1. The Balaban J connectivity index is 2.19. The average molecular weight is 282 g/mol. The van der Waals surface area contributed by atoms with Crippen LogP contribution in [0.2, 0.25) is 0 Å². The highest BCUT2D eigenvalue weighted by Crippen LogP contribution is 2.26. The molecular formula is C15H13F3O2. The number of aliphatic hydroxyl groups is 1. The van der Waals surface area contributed by atoms with Crippen molar-refractivity contribution in [3.8, 4) is 16.9 Å². The number of hydrogen-bond acceptors (Lipinski definition) is 2. The number of benzene rings is 2. The predicted molar refractivity (Wildman–Crippen MR) is 69.4 cm³/mol. The van der Waals surface area contributed by atoms with Crippen molar-refractivity contribution in [1.82, 2.24) is 0 Å². The van der Waals surface area contributed by atoms with E-state index in [0.29, 0.717) is 6.42 Å². The minimum absolute atomic E-state index is 0.0574. The molecule has 0 aliphatic carbocycles. The lowest BCUT2D eigenvalue weighted by Gasteiger charge is -2.09. The van der Waals surface area contributed by atoms with Crippen LogP contribution in [0.5, 0.6) is 5.75 Å². The van der Waals surface area contributed by atoms with Gasteiger partial charge in [0.1, 0.15) is 5.75 Å². The SMILES string of the molecule is OCCc1cccc(-c2ccc(OC(F)(F)F)cc2)c1. The predicted octanol–water partition coefficient (Wildman–Crippen LogP) is 3.79. The molecule has 0 aromatic heterocycles. The smallest absolute Gasteiger partial charge is 0.406 e. The minimum Gasteiger partial charge on any atom is -0.406 e. The lowest BCUT2D eigenvalue weighted by atomic mass is 10.0. The van der Waals surface area contributed by atoms with E-state index in [9.17, 15) is 13.2 Å². The first-order chi connectivity index (χ1) is 9.48. The molecule has 1 N–H and O–H groups in total. The van der Waals surface area contributed by atoms with Gasteiger partial charge >= 0.3 is 6.36 Å². The van der Waals surface area contributed by atoms with Crippen LogP contribution in [0, 0.1) is 0 Å². The molecule has 0 saturated carbocycles. The Labute approximate surface area is 114 Å². The Morgan fingerprint density at radius 1 is 0.950 bits per heavy atom. The molecule has 0 aliphatic heterocycles. The van der Waals surface area contributed by atoms with Crippen LogP contribution in [0.3, 0.4) is 0 Å². The molecule has 0 bridgehead atoms. The molecule has 0 aliphatic rings. The van der Waals surface area contributed by atoms with Gasteiger partial charge in [0.25, 0.3) is 0 Å². The van der Waals surface area contributed by atoms with Crippen molar-refractivity contribution in [3.63, 3.8) is 0 Å². The number of alkyl halides is 3. The molecule has 2 aromatic rings. The van der Waals surface area contributed by atoms with E-state index < -0.39 is 6.36 Å². The fourth-order valence-corrected chi connectivity index (χ4v) is 1.88. The van der Waals surface area contributed by atoms with Gasteiger partial charge in [0.2, 0.25) is 0 Å². The van der Waals surface area contributed by atoms with Crippen molar-refractivity contribution in [2.75, 3.05) is 6.61 Å². The summed E-state index contributed by atoms with van der Waals surface area (Å²) in [6.07, 6.45) is -4.13. The molecule has 2 rings (SSSR count). The second kappa shape index (κ2) is 5.96.